The van der Waals surface area contributed by atoms with E-state index in [1.165, 1.54) is 6.92 Å². The number of aliphatic imine (C=N–C) groups is 1. The minimum Gasteiger partial charge on any atom is -0.391 e. The number of nitrogens with two attached hydrogens (primary N) is 4. The van der Waals surface area contributed by atoms with Gasteiger partial charge < -0.3 is 54.1 Å². The van der Waals surface area contributed by atoms with Crippen molar-refractivity contribution in [1.82, 2.24) is 21.3 Å². The number of guanidine groups is 1. The van der Waals surface area contributed by atoms with Crippen LogP contribution in [0.1, 0.15) is 66.7 Å². The van der Waals surface area contributed by atoms with Gasteiger partial charge in [-0.15, -0.1) is 0 Å². The maximum absolute atomic E-state index is 13.4. The van der Waals surface area contributed by atoms with Crippen molar-refractivity contribution >= 4 is 41.8 Å². The summed E-state index contributed by atoms with van der Waals surface area (Å²) in [6.07, 6.45) is -0.244. The molecule has 42 heavy (non-hydrogen) atoms. The molecule has 0 unspecified atom stereocenters. The molecule has 0 spiro atoms. The van der Waals surface area contributed by atoms with Crippen molar-refractivity contribution in [3.63, 3.8) is 0 Å². The lowest BCUT2D eigenvalue weighted by molar-refractivity contribution is -0.135. The smallest absolute Gasteiger partial charge is 0.243 e. The predicted molar refractivity (Wildman–Crippen MR) is 156 cm³/mol. The zero-order chi connectivity index (χ0) is 32.6. The van der Waals surface area contributed by atoms with Gasteiger partial charge in [0, 0.05) is 13.0 Å². The molecule has 0 aromatic carbocycles. The SMILES string of the molecule is CC(C)C[C@H](NC(=O)[C@H](CCCN=C(N)N)NC(=O)[C@@H](NC(=O)[C@@H](N)[C@@H](C)O)C(C)C)C(=O)N[C@H](C=O)CCC(N)=O. The molecule has 0 heterocycles. The van der Waals surface area contributed by atoms with Gasteiger partial charge in [-0.2, -0.15) is 0 Å². The first-order valence-electron chi connectivity index (χ1n) is 13.9. The average Bonchev–Trinajstić information content (AvgIpc) is 2.88. The Hall–Kier alpha value is -3.79. The van der Waals surface area contributed by atoms with Crippen LogP contribution in [0.4, 0.5) is 0 Å². The van der Waals surface area contributed by atoms with Crippen LogP contribution in [0.3, 0.4) is 0 Å². The summed E-state index contributed by atoms with van der Waals surface area (Å²) in [6.45, 7) is 8.52. The lowest BCUT2D eigenvalue weighted by Gasteiger charge is -2.28. The monoisotopic (exact) mass is 599 g/mol. The second-order valence-electron chi connectivity index (χ2n) is 11.0. The third-order valence-corrected chi connectivity index (χ3v) is 6.18. The average molecular weight is 600 g/mol. The topological polar surface area (TPSA) is 287 Å². The number of hydrogen-bond acceptors (Lipinski definition) is 9. The fraction of sp³-hybridized carbons (Fsp3) is 0.731. The van der Waals surface area contributed by atoms with Gasteiger partial charge in [0.2, 0.25) is 29.5 Å². The number of carbonyl (C=O) groups excluding carboxylic acids is 6. The van der Waals surface area contributed by atoms with Crippen LogP contribution < -0.4 is 44.2 Å². The molecule has 0 rings (SSSR count). The summed E-state index contributed by atoms with van der Waals surface area (Å²) in [4.78, 5) is 78.5. The van der Waals surface area contributed by atoms with Gasteiger partial charge in [-0.25, -0.2) is 0 Å². The first kappa shape index (κ1) is 38.2. The second-order valence-corrected chi connectivity index (χ2v) is 11.0. The highest BCUT2D eigenvalue weighted by molar-refractivity contribution is 5.95. The van der Waals surface area contributed by atoms with Gasteiger partial charge in [0.1, 0.15) is 30.5 Å². The number of rotatable bonds is 20. The standard InChI is InChI=1S/C26H49N9O7/c1-13(2)11-18(23(40)32-16(12-36)8-9-19(27)38)34-22(39)17(7-6-10-31-26(29)30)33-25(42)21(14(3)4)35-24(41)20(28)15(5)37/h12-18,20-21,37H,6-11,28H2,1-5H3,(H2,27,38)(H,32,40)(H,33,42)(H,34,39)(H,35,41)(H4,29,30,31)/t15-,16+,17+,18+,20+,21+/m1/s1. The summed E-state index contributed by atoms with van der Waals surface area (Å²) in [5.74, 6) is -4.02. The van der Waals surface area contributed by atoms with Gasteiger partial charge in [-0.1, -0.05) is 27.7 Å². The van der Waals surface area contributed by atoms with Crippen molar-refractivity contribution in [2.24, 2.45) is 39.8 Å². The van der Waals surface area contributed by atoms with E-state index in [1.54, 1.807) is 13.8 Å². The van der Waals surface area contributed by atoms with Crippen LogP contribution >= 0.6 is 0 Å². The van der Waals surface area contributed by atoms with E-state index >= 15 is 0 Å². The number of amides is 5. The van der Waals surface area contributed by atoms with Gasteiger partial charge in [-0.05, 0) is 44.4 Å². The number of hydrogen-bond donors (Lipinski definition) is 9. The summed E-state index contributed by atoms with van der Waals surface area (Å²) in [7, 11) is 0. The van der Waals surface area contributed by atoms with E-state index in [0.717, 1.165) is 0 Å². The predicted octanol–water partition coefficient (Wildman–Crippen LogP) is -3.15. The summed E-state index contributed by atoms with van der Waals surface area (Å²) < 4.78 is 0. The third-order valence-electron chi connectivity index (χ3n) is 6.18. The third kappa shape index (κ3) is 15.3. The molecule has 6 atom stereocenters. The van der Waals surface area contributed by atoms with Crippen LogP contribution in [0, 0.1) is 11.8 Å². The summed E-state index contributed by atoms with van der Waals surface area (Å²) in [5.41, 5.74) is 21.6. The van der Waals surface area contributed by atoms with Crippen LogP contribution in [0.2, 0.25) is 0 Å². The molecule has 13 N–H and O–H groups in total. The van der Waals surface area contributed by atoms with E-state index in [4.69, 9.17) is 22.9 Å². The minimum absolute atomic E-state index is 0.00256. The Balaban J connectivity index is 5.91. The quantitative estimate of drug-likeness (QED) is 0.0293. The van der Waals surface area contributed by atoms with Crippen LogP contribution in [-0.2, 0) is 28.8 Å². The zero-order valence-corrected chi connectivity index (χ0v) is 25.1. The Morgan fingerprint density at radius 2 is 1.38 bits per heavy atom. The largest absolute Gasteiger partial charge is 0.391 e. The Kier molecular flexibility index (Phi) is 17.6. The molecule has 16 heteroatoms. The van der Waals surface area contributed by atoms with E-state index in [0.29, 0.717) is 6.29 Å². The number of nitrogens with one attached hydrogen (secondary N) is 4. The molecule has 0 aliphatic carbocycles. The highest BCUT2D eigenvalue weighted by Gasteiger charge is 2.32. The Morgan fingerprint density at radius 3 is 1.86 bits per heavy atom. The molecule has 5 amide bonds. The number of nitrogens with zero attached hydrogens (tertiary/aromatic N) is 1. The maximum atomic E-state index is 13.4. The van der Waals surface area contributed by atoms with Crippen LogP contribution in [0.25, 0.3) is 0 Å². The van der Waals surface area contributed by atoms with Gasteiger partial charge in [0.15, 0.2) is 5.96 Å². The second kappa shape index (κ2) is 19.4. The number of aldehydes is 1. The van der Waals surface area contributed by atoms with Crippen LogP contribution in [0.5, 0.6) is 0 Å². The Labute approximate surface area is 246 Å². The molecule has 0 radical (unpaired) electrons. The molecule has 0 aliphatic rings. The Bertz CT molecular complexity index is 952. The van der Waals surface area contributed by atoms with Crippen molar-refractivity contribution in [3.8, 4) is 0 Å². The Morgan fingerprint density at radius 1 is 0.810 bits per heavy atom. The molecular weight excluding hydrogens is 550 g/mol. The molecular formula is C26H49N9O7. The van der Waals surface area contributed by atoms with Gasteiger partial charge in [-0.3, -0.25) is 29.0 Å². The molecule has 0 aromatic heterocycles. The maximum Gasteiger partial charge on any atom is 0.243 e. The molecule has 0 saturated heterocycles. The van der Waals surface area contributed by atoms with Crippen molar-refractivity contribution in [3.05, 3.63) is 0 Å². The molecule has 0 saturated carbocycles. The van der Waals surface area contributed by atoms with Crippen molar-refractivity contribution < 1.29 is 33.9 Å². The van der Waals surface area contributed by atoms with Gasteiger partial charge >= 0.3 is 0 Å². The highest BCUT2D eigenvalue weighted by atomic mass is 16.3. The number of primary amides is 1. The van der Waals surface area contributed by atoms with E-state index in [2.05, 4.69) is 26.3 Å². The molecule has 0 aromatic rings. The first-order chi connectivity index (χ1) is 19.5. The first-order valence-corrected chi connectivity index (χ1v) is 13.9. The number of carbonyl (C=O) groups is 6. The van der Waals surface area contributed by atoms with Crippen LogP contribution in [-0.4, -0.2) is 89.7 Å². The van der Waals surface area contributed by atoms with Crippen molar-refractivity contribution in [2.45, 2.75) is 103 Å². The molecule has 16 nitrogen and oxygen atoms in total. The molecule has 0 bridgehead atoms. The van der Waals surface area contributed by atoms with E-state index in [9.17, 15) is 33.9 Å². The lowest BCUT2D eigenvalue weighted by Crippen LogP contribution is -2.60. The highest BCUT2D eigenvalue weighted by Crippen LogP contribution is 2.10. The molecule has 0 fully saturated rings. The van der Waals surface area contributed by atoms with E-state index < -0.39 is 71.8 Å². The fourth-order valence-electron chi connectivity index (χ4n) is 3.77. The summed E-state index contributed by atoms with van der Waals surface area (Å²) in [6, 6.07) is -5.59. The lowest BCUT2D eigenvalue weighted by atomic mass is 10.00. The molecule has 0 aliphatic heterocycles. The number of aliphatic hydroxyl groups excluding tert-OH is 1. The van der Waals surface area contributed by atoms with E-state index in [-0.39, 0.29) is 50.5 Å². The fourth-order valence-corrected chi connectivity index (χ4v) is 3.77. The minimum atomic E-state index is -1.27. The van der Waals surface area contributed by atoms with Crippen molar-refractivity contribution in [1.29, 1.82) is 0 Å². The van der Waals surface area contributed by atoms with E-state index in [1.807, 2.05) is 13.8 Å². The van der Waals surface area contributed by atoms with Gasteiger partial charge in [0.25, 0.3) is 0 Å². The summed E-state index contributed by atoms with van der Waals surface area (Å²) >= 11 is 0. The van der Waals surface area contributed by atoms with Gasteiger partial charge in [0.05, 0.1) is 12.1 Å². The zero-order valence-electron chi connectivity index (χ0n) is 25.1. The van der Waals surface area contributed by atoms with Crippen molar-refractivity contribution in [2.75, 3.05) is 6.54 Å². The molecule has 240 valence electrons. The summed E-state index contributed by atoms with van der Waals surface area (Å²) in [5, 5.41) is 19.9. The normalized spacial score (nSPS) is 15.4. The number of aliphatic hydroxyl groups is 1. The van der Waals surface area contributed by atoms with Crippen LogP contribution in [0.15, 0.2) is 4.99 Å².